The molecular weight excluding hydrogens is 284 g/mol. The molecule has 3 rings (SSSR count). The summed E-state index contributed by atoms with van der Waals surface area (Å²) in [5.41, 5.74) is 5.31. The molecule has 2 aliphatic rings. The summed E-state index contributed by atoms with van der Waals surface area (Å²) >= 11 is 6.78. The first kappa shape index (κ1) is 14.8. The molecule has 1 atom stereocenters. The van der Waals surface area contributed by atoms with Crippen LogP contribution < -0.4 is 5.43 Å². The van der Waals surface area contributed by atoms with E-state index in [0.717, 1.165) is 36.8 Å². The molecule has 21 heavy (non-hydrogen) atoms. The number of aromatic nitrogens is 1. The minimum absolute atomic E-state index is 0.419. The third kappa shape index (κ3) is 2.56. The van der Waals surface area contributed by atoms with Crippen LogP contribution in [0.4, 0.5) is 0 Å². The van der Waals surface area contributed by atoms with Gasteiger partial charge in [-0.15, -0.1) is 0 Å². The molecule has 1 N–H and O–H groups in total. The van der Waals surface area contributed by atoms with E-state index in [0.29, 0.717) is 6.04 Å². The molecule has 1 saturated heterocycles. The Kier molecular flexibility index (Phi) is 3.95. The average Bonchev–Trinajstić information content (AvgIpc) is 2.65. The first-order valence-electron chi connectivity index (χ1n) is 7.62. The molecule has 0 saturated carbocycles. The predicted octanol–water partition coefficient (Wildman–Crippen LogP) is 2.68. The molecule has 1 aromatic rings. The monoisotopic (exact) mass is 306 g/mol. The lowest BCUT2D eigenvalue weighted by Crippen LogP contribution is -2.44. The zero-order valence-corrected chi connectivity index (χ0v) is 13.7. The summed E-state index contributed by atoms with van der Waals surface area (Å²) in [5, 5.41) is 3.09. The summed E-state index contributed by atoms with van der Waals surface area (Å²) in [5.74, 6) is 0. The van der Waals surface area contributed by atoms with Crippen molar-refractivity contribution in [3.05, 3.63) is 40.8 Å². The number of nitrogens with zero attached hydrogens (tertiary/aromatic N) is 3. The maximum Gasteiger partial charge on any atom is 0.113 e. The van der Waals surface area contributed by atoms with Crippen LogP contribution in [0.1, 0.15) is 32.9 Å². The Morgan fingerprint density at radius 2 is 2.14 bits per heavy atom. The number of hydrogen-bond acceptors (Lipinski definition) is 4. The van der Waals surface area contributed by atoms with Gasteiger partial charge in [-0.25, -0.2) is 5.43 Å². The van der Waals surface area contributed by atoms with Gasteiger partial charge in [0.25, 0.3) is 0 Å². The Bertz CT molecular complexity index is 542. The molecule has 3 heterocycles. The number of pyridine rings is 1. The second kappa shape index (κ2) is 5.59. The van der Waals surface area contributed by atoms with Gasteiger partial charge in [0.05, 0.1) is 16.4 Å². The van der Waals surface area contributed by atoms with Crippen molar-refractivity contribution < 1.29 is 0 Å². The Morgan fingerprint density at radius 1 is 1.33 bits per heavy atom. The molecule has 1 unspecified atom stereocenters. The van der Waals surface area contributed by atoms with Crippen LogP contribution >= 0.6 is 11.6 Å². The SMILES string of the molecule is CC(C)N1CCCN2NC(C)(c3ccccn3)C(Cl)=C2C1. The fourth-order valence-electron chi connectivity index (χ4n) is 3.11. The number of fused-ring (bicyclic) bond motifs is 1. The predicted molar refractivity (Wildman–Crippen MR) is 85.6 cm³/mol. The topological polar surface area (TPSA) is 31.4 Å². The van der Waals surface area contributed by atoms with E-state index >= 15 is 0 Å². The minimum Gasteiger partial charge on any atom is -0.309 e. The average molecular weight is 307 g/mol. The van der Waals surface area contributed by atoms with Gasteiger partial charge in [-0.3, -0.25) is 9.88 Å². The number of hydrazine groups is 1. The first-order chi connectivity index (χ1) is 10.0. The van der Waals surface area contributed by atoms with Crippen LogP contribution in [0.3, 0.4) is 0 Å². The molecule has 0 bridgehead atoms. The lowest BCUT2D eigenvalue weighted by atomic mass is 9.97. The lowest BCUT2D eigenvalue weighted by Gasteiger charge is -2.28. The maximum absolute atomic E-state index is 6.78. The third-order valence-electron chi connectivity index (χ3n) is 4.46. The molecule has 4 nitrogen and oxygen atoms in total. The van der Waals surface area contributed by atoms with Gasteiger partial charge in [0.1, 0.15) is 5.54 Å². The number of rotatable bonds is 2. The third-order valence-corrected chi connectivity index (χ3v) is 5.06. The molecule has 5 heteroatoms. The van der Waals surface area contributed by atoms with Gasteiger partial charge in [0, 0.05) is 31.9 Å². The first-order valence-corrected chi connectivity index (χ1v) is 8.00. The zero-order valence-electron chi connectivity index (χ0n) is 12.9. The van der Waals surface area contributed by atoms with Crippen molar-refractivity contribution in [2.24, 2.45) is 0 Å². The van der Waals surface area contributed by atoms with Crippen LogP contribution in [0.2, 0.25) is 0 Å². The lowest BCUT2D eigenvalue weighted by molar-refractivity contribution is 0.210. The standard InChI is InChI=1S/C16H23ClN4/c1-12(2)20-9-6-10-21-13(11-20)15(17)16(3,19-21)14-7-4-5-8-18-14/h4-5,7-8,12,19H,6,9-11H2,1-3H3. The van der Waals surface area contributed by atoms with Gasteiger partial charge in [0.15, 0.2) is 0 Å². The van der Waals surface area contributed by atoms with Gasteiger partial charge < -0.3 is 5.01 Å². The highest BCUT2D eigenvalue weighted by molar-refractivity contribution is 6.31. The largest absolute Gasteiger partial charge is 0.309 e. The van der Waals surface area contributed by atoms with Crippen LogP contribution in [0.5, 0.6) is 0 Å². The zero-order chi connectivity index (χ0) is 15.0. The summed E-state index contributed by atoms with van der Waals surface area (Å²) in [6.07, 6.45) is 2.96. The van der Waals surface area contributed by atoms with Crippen LogP contribution in [0.15, 0.2) is 35.1 Å². The van der Waals surface area contributed by atoms with Crippen LogP contribution in [-0.2, 0) is 5.54 Å². The Balaban J connectivity index is 1.96. The quantitative estimate of drug-likeness (QED) is 0.910. The van der Waals surface area contributed by atoms with E-state index in [-0.39, 0.29) is 0 Å². The van der Waals surface area contributed by atoms with E-state index in [1.165, 1.54) is 5.70 Å². The summed E-state index contributed by atoms with van der Waals surface area (Å²) in [6.45, 7) is 9.58. The molecule has 1 fully saturated rings. The maximum atomic E-state index is 6.78. The molecular formula is C16H23ClN4. The van der Waals surface area contributed by atoms with Gasteiger partial charge >= 0.3 is 0 Å². The van der Waals surface area contributed by atoms with E-state index in [4.69, 9.17) is 11.6 Å². The van der Waals surface area contributed by atoms with Crippen LogP contribution in [-0.4, -0.2) is 40.6 Å². The highest BCUT2D eigenvalue weighted by atomic mass is 35.5. The molecule has 0 aromatic carbocycles. The van der Waals surface area contributed by atoms with E-state index in [1.807, 2.05) is 24.4 Å². The fourth-order valence-corrected chi connectivity index (χ4v) is 3.41. The molecule has 0 aliphatic carbocycles. The van der Waals surface area contributed by atoms with Crippen molar-refractivity contribution in [2.45, 2.75) is 38.8 Å². The van der Waals surface area contributed by atoms with Crippen molar-refractivity contribution in [3.8, 4) is 0 Å². The second-order valence-electron chi connectivity index (χ2n) is 6.28. The van der Waals surface area contributed by atoms with Crippen molar-refractivity contribution in [1.82, 2.24) is 20.3 Å². The Hall–Kier alpha value is -1.10. The smallest absolute Gasteiger partial charge is 0.113 e. The van der Waals surface area contributed by atoms with Crippen LogP contribution in [0.25, 0.3) is 0 Å². The van der Waals surface area contributed by atoms with E-state index in [9.17, 15) is 0 Å². The number of halogens is 1. The van der Waals surface area contributed by atoms with Crippen molar-refractivity contribution in [1.29, 1.82) is 0 Å². The summed E-state index contributed by atoms with van der Waals surface area (Å²) < 4.78 is 0. The number of nitrogens with one attached hydrogen (secondary N) is 1. The fraction of sp³-hybridized carbons (Fsp3) is 0.562. The van der Waals surface area contributed by atoms with Gasteiger partial charge in [-0.1, -0.05) is 17.7 Å². The van der Waals surface area contributed by atoms with Crippen molar-refractivity contribution in [3.63, 3.8) is 0 Å². The summed E-state index contributed by atoms with van der Waals surface area (Å²) in [7, 11) is 0. The van der Waals surface area contributed by atoms with Crippen molar-refractivity contribution >= 4 is 11.6 Å². The minimum atomic E-state index is -0.419. The van der Waals surface area contributed by atoms with Gasteiger partial charge in [-0.2, -0.15) is 0 Å². The van der Waals surface area contributed by atoms with Gasteiger partial charge in [-0.05, 0) is 39.3 Å². The highest BCUT2D eigenvalue weighted by Gasteiger charge is 2.43. The molecule has 2 aliphatic heterocycles. The molecule has 1 aromatic heterocycles. The summed E-state index contributed by atoms with van der Waals surface area (Å²) in [6, 6.07) is 6.50. The molecule has 0 radical (unpaired) electrons. The highest BCUT2D eigenvalue weighted by Crippen LogP contribution is 2.40. The van der Waals surface area contributed by atoms with Gasteiger partial charge in [0.2, 0.25) is 0 Å². The normalized spacial score (nSPS) is 27.2. The molecule has 0 spiro atoms. The van der Waals surface area contributed by atoms with E-state index in [1.54, 1.807) is 0 Å². The van der Waals surface area contributed by atoms with Crippen LogP contribution in [0, 0.1) is 0 Å². The molecule has 114 valence electrons. The Labute approximate surface area is 131 Å². The second-order valence-corrected chi connectivity index (χ2v) is 6.66. The molecule has 0 amide bonds. The Morgan fingerprint density at radius 3 is 2.81 bits per heavy atom. The van der Waals surface area contributed by atoms with E-state index < -0.39 is 5.54 Å². The summed E-state index contributed by atoms with van der Waals surface area (Å²) in [4.78, 5) is 6.97. The number of hydrogen-bond donors (Lipinski definition) is 1. The van der Waals surface area contributed by atoms with E-state index in [2.05, 4.69) is 41.1 Å². The van der Waals surface area contributed by atoms with Crippen molar-refractivity contribution in [2.75, 3.05) is 19.6 Å².